The molecule has 0 atom stereocenters. The summed E-state index contributed by atoms with van der Waals surface area (Å²) in [5, 5.41) is 0. The molecule has 0 saturated carbocycles. The molecule has 0 N–H and O–H groups in total. The van der Waals surface area contributed by atoms with Gasteiger partial charge < -0.3 is 4.90 Å². The van der Waals surface area contributed by atoms with Gasteiger partial charge in [0.25, 0.3) is 5.91 Å². The lowest BCUT2D eigenvalue weighted by atomic mass is 10.2. The average Bonchev–Trinajstić information content (AvgIpc) is 2.41. The fourth-order valence-electron chi connectivity index (χ4n) is 1.64. The number of hydrogen-bond acceptors (Lipinski definition) is 1. The first-order valence-corrected chi connectivity index (χ1v) is 6.17. The Labute approximate surface area is 113 Å². The Hall–Kier alpha value is -1.68. The summed E-state index contributed by atoms with van der Waals surface area (Å²) in [6.45, 7) is 0. The van der Waals surface area contributed by atoms with Crippen LogP contribution in [0.1, 0.15) is 10.4 Å². The molecule has 0 saturated heterocycles. The van der Waals surface area contributed by atoms with Crippen molar-refractivity contribution in [1.82, 2.24) is 0 Å². The lowest BCUT2D eigenvalue weighted by molar-refractivity contribution is 0.0992. The van der Waals surface area contributed by atoms with E-state index >= 15 is 0 Å². The molecule has 0 bridgehead atoms. The van der Waals surface area contributed by atoms with E-state index < -0.39 is 5.82 Å². The lowest BCUT2D eigenvalue weighted by Crippen LogP contribution is -2.27. The number of nitrogens with zero attached hydrogens (tertiary/aromatic N) is 1. The zero-order valence-electron chi connectivity index (χ0n) is 9.73. The quantitative estimate of drug-likeness (QED) is 0.825. The third-order valence-corrected chi connectivity index (χ3v) is 3.23. The summed E-state index contributed by atoms with van der Waals surface area (Å²) in [4.78, 5) is 13.5. The summed E-state index contributed by atoms with van der Waals surface area (Å²) in [7, 11) is 1.56. The molecule has 2 aromatic rings. The third kappa shape index (κ3) is 2.43. The fourth-order valence-corrected chi connectivity index (χ4v) is 1.99. The molecule has 0 aromatic heterocycles. The van der Waals surface area contributed by atoms with Gasteiger partial charge in [-0.05, 0) is 40.2 Å². The molecule has 18 heavy (non-hydrogen) atoms. The van der Waals surface area contributed by atoms with Crippen LogP contribution >= 0.6 is 15.9 Å². The molecule has 2 aromatic carbocycles. The van der Waals surface area contributed by atoms with Gasteiger partial charge in [0.05, 0.1) is 10.2 Å². The minimum absolute atomic E-state index is 0.243. The highest BCUT2D eigenvalue weighted by Crippen LogP contribution is 2.26. The van der Waals surface area contributed by atoms with Gasteiger partial charge in [0.2, 0.25) is 0 Å². The smallest absolute Gasteiger partial charge is 0.258 e. The molecule has 0 fully saturated rings. The maximum absolute atomic E-state index is 13.9. The highest BCUT2D eigenvalue weighted by atomic mass is 79.9. The van der Waals surface area contributed by atoms with Crippen LogP contribution in [0.4, 0.5) is 10.1 Å². The van der Waals surface area contributed by atoms with Crippen LogP contribution in [-0.2, 0) is 0 Å². The molecule has 0 aliphatic carbocycles. The van der Waals surface area contributed by atoms with E-state index in [1.165, 1.54) is 4.90 Å². The number of benzene rings is 2. The maximum atomic E-state index is 13.9. The number of hydrogen-bond donors (Lipinski definition) is 0. The van der Waals surface area contributed by atoms with E-state index in [0.29, 0.717) is 10.0 Å². The second kappa shape index (κ2) is 5.31. The molecule has 0 spiro atoms. The minimum Gasteiger partial charge on any atom is -0.309 e. The van der Waals surface area contributed by atoms with Gasteiger partial charge in [0.15, 0.2) is 5.82 Å². The van der Waals surface area contributed by atoms with Crippen LogP contribution in [-0.4, -0.2) is 13.0 Å². The Kier molecular flexibility index (Phi) is 3.77. The minimum atomic E-state index is -0.440. The van der Waals surface area contributed by atoms with E-state index in [4.69, 9.17) is 0 Å². The monoisotopic (exact) mass is 307 g/mol. The van der Waals surface area contributed by atoms with Gasteiger partial charge in [0, 0.05) is 12.6 Å². The largest absolute Gasteiger partial charge is 0.309 e. The van der Waals surface area contributed by atoms with E-state index in [1.807, 2.05) is 6.07 Å². The van der Waals surface area contributed by atoms with E-state index in [1.54, 1.807) is 49.5 Å². The zero-order chi connectivity index (χ0) is 13.1. The van der Waals surface area contributed by atoms with E-state index in [0.717, 1.165) is 0 Å². The van der Waals surface area contributed by atoms with Crippen molar-refractivity contribution >= 4 is 27.5 Å². The van der Waals surface area contributed by atoms with Crippen molar-refractivity contribution in [2.75, 3.05) is 11.9 Å². The van der Waals surface area contributed by atoms with Crippen LogP contribution < -0.4 is 4.90 Å². The molecular weight excluding hydrogens is 297 g/mol. The standard InChI is InChI=1S/C14H11BrFNO/c1-17(12-9-5-8-11(15)13(12)16)14(18)10-6-3-2-4-7-10/h2-9H,1H3. The Bertz CT molecular complexity index is 571. The number of amides is 1. The van der Waals surface area contributed by atoms with Gasteiger partial charge in [-0.25, -0.2) is 4.39 Å². The second-order valence-corrected chi connectivity index (χ2v) is 4.66. The Morgan fingerprint density at radius 3 is 2.44 bits per heavy atom. The number of anilines is 1. The Morgan fingerprint density at radius 1 is 1.11 bits per heavy atom. The van der Waals surface area contributed by atoms with Crippen molar-refractivity contribution < 1.29 is 9.18 Å². The molecule has 2 nitrogen and oxygen atoms in total. The maximum Gasteiger partial charge on any atom is 0.258 e. The molecule has 0 heterocycles. The van der Waals surface area contributed by atoms with Crippen LogP contribution in [0.3, 0.4) is 0 Å². The Balaban J connectivity index is 2.35. The lowest BCUT2D eigenvalue weighted by Gasteiger charge is -2.18. The number of halogens is 2. The van der Waals surface area contributed by atoms with Crippen molar-refractivity contribution in [3.05, 3.63) is 64.4 Å². The van der Waals surface area contributed by atoms with Gasteiger partial charge >= 0.3 is 0 Å². The van der Waals surface area contributed by atoms with Gasteiger partial charge in [-0.3, -0.25) is 4.79 Å². The van der Waals surface area contributed by atoms with Crippen molar-refractivity contribution in [1.29, 1.82) is 0 Å². The third-order valence-electron chi connectivity index (χ3n) is 2.62. The zero-order valence-corrected chi connectivity index (χ0v) is 11.3. The first-order valence-electron chi connectivity index (χ1n) is 5.38. The Morgan fingerprint density at radius 2 is 1.78 bits per heavy atom. The summed E-state index contributed by atoms with van der Waals surface area (Å²) < 4.78 is 14.2. The molecule has 0 aliphatic rings. The van der Waals surface area contributed by atoms with Crippen LogP contribution in [0.25, 0.3) is 0 Å². The van der Waals surface area contributed by atoms with Gasteiger partial charge in [0.1, 0.15) is 0 Å². The highest BCUT2D eigenvalue weighted by Gasteiger charge is 2.17. The van der Waals surface area contributed by atoms with Crippen LogP contribution in [0.5, 0.6) is 0 Å². The predicted molar refractivity (Wildman–Crippen MR) is 73.3 cm³/mol. The van der Waals surface area contributed by atoms with E-state index in [9.17, 15) is 9.18 Å². The van der Waals surface area contributed by atoms with Gasteiger partial charge in [-0.1, -0.05) is 24.3 Å². The van der Waals surface area contributed by atoms with E-state index in [-0.39, 0.29) is 11.6 Å². The summed E-state index contributed by atoms with van der Waals surface area (Å²) in [6.07, 6.45) is 0. The van der Waals surface area contributed by atoms with Gasteiger partial charge in [-0.2, -0.15) is 0 Å². The normalized spacial score (nSPS) is 10.2. The summed E-state index contributed by atoms with van der Waals surface area (Å²) >= 11 is 3.11. The average molecular weight is 308 g/mol. The van der Waals surface area contributed by atoms with Crippen molar-refractivity contribution in [3.63, 3.8) is 0 Å². The van der Waals surface area contributed by atoms with Crippen LogP contribution in [0, 0.1) is 5.82 Å². The number of rotatable bonds is 2. The molecule has 4 heteroatoms. The highest BCUT2D eigenvalue weighted by molar-refractivity contribution is 9.10. The first-order chi connectivity index (χ1) is 8.61. The van der Waals surface area contributed by atoms with E-state index in [2.05, 4.69) is 15.9 Å². The molecule has 0 aliphatic heterocycles. The van der Waals surface area contributed by atoms with Crippen LogP contribution in [0.2, 0.25) is 0 Å². The van der Waals surface area contributed by atoms with Crippen LogP contribution in [0.15, 0.2) is 53.0 Å². The molecule has 92 valence electrons. The molecule has 0 unspecified atom stereocenters. The summed E-state index contributed by atoms with van der Waals surface area (Å²) in [5.74, 6) is -0.683. The molecular formula is C14H11BrFNO. The summed E-state index contributed by atoms with van der Waals surface area (Å²) in [6, 6.07) is 13.6. The number of carbonyl (C=O) groups excluding carboxylic acids is 1. The fraction of sp³-hybridized carbons (Fsp3) is 0.0714. The topological polar surface area (TPSA) is 20.3 Å². The molecule has 0 radical (unpaired) electrons. The number of carbonyl (C=O) groups is 1. The second-order valence-electron chi connectivity index (χ2n) is 3.80. The summed E-state index contributed by atoms with van der Waals surface area (Å²) in [5.41, 5.74) is 0.776. The van der Waals surface area contributed by atoms with Gasteiger partial charge in [-0.15, -0.1) is 0 Å². The predicted octanol–water partition coefficient (Wildman–Crippen LogP) is 3.86. The van der Waals surface area contributed by atoms with Crippen molar-refractivity contribution in [2.45, 2.75) is 0 Å². The SMILES string of the molecule is CN(C(=O)c1ccccc1)c1cccc(Br)c1F. The van der Waals surface area contributed by atoms with Crippen molar-refractivity contribution in [3.8, 4) is 0 Å². The van der Waals surface area contributed by atoms with Crippen molar-refractivity contribution in [2.24, 2.45) is 0 Å². The molecule has 1 amide bonds. The molecule has 2 rings (SSSR count). The first kappa shape index (κ1) is 12.8.